The van der Waals surface area contributed by atoms with Gasteiger partial charge in [0.2, 0.25) is 5.91 Å². The number of likely N-dealkylation sites (tertiary alicyclic amines) is 1. The second-order valence-electron chi connectivity index (χ2n) is 5.87. The van der Waals surface area contributed by atoms with Gasteiger partial charge in [-0.1, -0.05) is 23.2 Å². The Morgan fingerprint density at radius 2 is 1.96 bits per heavy atom. The van der Waals surface area contributed by atoms with E-state index >= 15 is 0 Å². The summed E-state index contributed by atoms with van der Waals surface area (Å²) in [5.41, 5.74) is 1.18. The fourth-order valence-corrected chi connectivity index (χ4v) is 4.07. The molecule has 2 aromatic rings. The number of hydrogen-bond acceptors (Lipinski definition) is 3. The smallest absolute Gasteiger partial charge is 0.281 e. The summed E-state index contributed by atoms with van der Waals surface area (Å²) in [6, 6.07) is 4.66. The van der Waals surface area contributed by atoms with Crippen LogP contribution in [0.15, 0.2) is 28.6 Å². The van der Waals surface area contributed by atoms with Crippen LogP contribution in [-0.2, 0) is 11.3 Å². The largest absolute Gasteiger partial charge is 0.341 e. The number of benzene rings is 1. The quantitative estimate of drug-likeness (QED) is 0.795. The van der Waals surface area contributed by atoms with Gasteiger partial charge in [-0.3, -0.25) is 9.59 Å². The minimum Gasteiger partial charge on any atom is -0.341 e. The Balaban J connectivity index is 1.88. The van der Waals surface area contributed by atoms with E-state index in [1.807, 2.05) is 17.2 Å². The molecule has 2 heterocycles. The van der Waals surface area contributed by atoms with Crippen molar-refractivity contribution in [3.8, 4) is 0 Å². The minimum atomic E-state index is -0.453. The van der Waals surface area contributed by atoms with Crippen molar-refractivity contribution in [1.82, 2.24) is 9.47 Å². The Hall–Kier alpha value is -1.63. The summed E-state index contributed by atoms with van der Waals surface area (Å²) in [4.78, 5) is 31.4. The number of halogens is 2. The zero-order valence-electron chi connectivity index (χ0n) is 13.7. The molecule has 0 saturated carbocycles. The Kier molecular flexibility index (Phi) is 5.61. The average molecular weight is 398 g/mol. The van der Waals surface area contributed by atoms with Gasteiger partial charge in [0, 0.05) is 29.2 Å². The molecule has 0 atom stereocenters. The molecule has 0 bridgehead atoms. The van der Waals surface area contributed by atoms with Gasteiger partial charge in [0.15, 0.2) is 4.80 Å². The molecule has 1 aliphatic heterocycles. The van der Waals surface area contributed by atoms with Crippen molar-refractivity contribution in [3.05, 3.63) is 49.7 Å². The van der Waals surface area contributed by atoms with Crippen molar-refractivity contribution in [2.24, 2.45) is 4.99 Å². The van der Waals surface area contributed by atoms with Gasteiger partial charge in [-0.2, -0.15) is 4.99 Å². The van der Waals surface area contributed by atoms with E-state index in [-0.39, 0.29) is 23.0 Å². The van der Waals surface area contributed by atoms with Crippen LogP contribution >= 0.6 is 34.5 Å². The number of thiazole rings is 1. The Bertz CT molecular complexity index is 882. The summed E-state index contributed by atoms with van der Waals surface area (Å²) in [5.74, 6) is -0.400. The van der Waals surface area contributed by atoms with Crippen LogP contribution in [0.25, 0.3) is 0 Å². The number of amides is 2. The molecule has 1 aliphatic rings. The molecule has 5 nitrogen and oxygen atoms in total. The summed E-state index contributed by atoms with van der Waals surface area (Å²) >= 11 is 13.3. The van der Waals surface area contributed by atoms with Crippen LogP contribution < -0.4 is 4.80 Å². The number of hydrogen-bond donors (Lipinski definition) is 0. The molecule has 1 saturated heterocycles. The molecule has 0 aliphatic carbocycles. The highest BCUT2D eigenvalue weighted by Crippen LogP contribution is 2.21. The molecule has 0 N–H and O–H groups in total. The summed E-state index contributed by atoms with van der Waals surface area (Å²) in [6.45, 7) is 3.69. The molecule has 0 spiro atoms. The molecule has 2 amide bonds. The molecule has 3 rings (SSSR count). The predicted molar refractivity (Wildman–Crippen MR) is 99.2 cm³/mol. The molecule has 1 fully saturated rings. The highest BCUT2D eigenvalue weighted by atomic mass is 35.5. The highest BCUT2D eigenvalue weighted by molar-refractivity contribution is 7.07. The number of aromatic nitrogens is 1. The third-order valence-electron chi connectivity index (χ3n) is 4.10. The molecule has 0 radical (unpaired) electrons. The second kappa shape index (κ2) is 7.72. The second-order valence-corrected chi connectivity index (χ2v) is 7.56. The first-order valence-corrected chi connectivity index (χ1v) is 9.56. The van der Waals surface area contributed by atoms with Crippen LogP contribution in [0.1, 0.15) is 28.9 Å². The van der Waals surface area contributed by atoms with E-state index in [1.54, 1.807) is 16.7 Å². The number of nitrogens with zero attached hydrogens (tertiary/aromatic N) is 3. The van der Waals surface area contributed by atoms with E-state index in [0.29, 0.717) is 9.82 Å². The maximum absolute atomic E-state index is 12.5. The first-order valence-electron chi connectivity index (χ1n) is 7.92. The van der Waals surface area contributed by atoms with Crippen LogP contribution in [0.4, 0.5) is 0 Å². The summed E-state index contributed by atoms with van der Waals surface area (Å²) in [7, 11) is 0. The standard InChI is InChI=1S/C17H17Cl2N3O2S/c1-11-10-25-17(22(11)9-15(23)21-6-2-3-7-21)20-16(24)13-5-4-12(18)8-14(13)19/h4-5,8,10H,2-3,6-7,9H2,1H3. The monoisotopic (exact) mass is 397 g/mol. The van der Waals surface area contributed by atoms with Crippen LogP contribution in [-0.4, -0.2) is 34.4 Å². The lowest BCUT2D eigenvalue weighted by atomic mass is 10.2. The van der Waals surface area contributed by atoms with Gasteiger partial charge in [0.05, 0.1) is 10.6 Å². The van der Waals surface area contributed by atoms with Gasteiger partial charge in [-0.15, -0.1) is 11.3 Å². The van der Waals surface area contributed by atoms with E-state index in [2.05, 4.69) is 4.99 Å². The van der Waals surface area contributed by atoms with Crippen molar-refractivity contribution in [2.75, 3.05) is 13.1 Å². The van der Waals surface area contributed by atoms with E-state index in [4.69, 9.17) is 23.2 Å². The Morgan fingerprint density at radius 1 is 1.24 bits per heavy atom. The SMILES string of the molecule is Cc1csc(=NC(=O)c2ccc(Cl)cc2Cl)n1CC(=O)N1CCCC1. The zero-order valence-corrected chi connectivity index (χ0v) is 16.0. The normalized spacial score (nSPS) is 15.0. The van der Waals surface area contributed by atoms with Crippen molar-refractivity contribution in [3.63, 3.8) is 0 Å². The van der Waals surface area contributed by atoms with Gasteiger partial charge in [0.25, 0.3) is 5.91 Å². The van der Waals surface area contributed by atoms with Crippen molar-refractivity contribution in [2.45, 2.75) is 26.3 Å². The number of rotatable bonds is 3. The topological polar surface area (TPSA) is 54.7 Å². The number of aryl methyl sites for hydroxylation is 1. The number of carbonyl (C=O) groups is 2. The summed E-state index contributed by atoms with van der Waals surface area (Å²) in [5, 5.41) is 2.60. The minimum absolute atomic E-state index is 0.0532. The predicted octanol–water partition coefficient (Wildman–Crippen LogP) is 3.53. The van der Waals surface area contributed by atoms with Crippen molar-refractivity contribution < 1.29 is 9.59 Å². The zero-order chi connectivity index (χ0) is 18.0. The van der Waals surface area contributed by atoms with Gasteiger partial charge >= 0.3 is 0 Å². The van der Waals surface area contributed by atoms with E-state index in [1.165, 1.54) is 17.4 Å². The molecule has 1 aromatic carbocycles. The van der Waals surface area contributed by atoms with Crippen molar-refractivity contribution in [1.29, 1.82) is 0 Å². The van der Waals surface area contributed by atoms with Crippen LogP contribution in [0.2, 0.25) is 10.0 Å². The molecular formula is C17H17Cl2N3O2S. The fraction of sp³-hybridized carbons (Fsp3) is 0.353. The lowest BCUT2D eigenvalue weighted by Crippen LogP contribution is -2.34. The van der Waals surface area contributed by atoms with E-state index in [0.717, 1.165) is 31.6 Å². The summed E-state index contributed by atoms with van der Waals surface area (Å²) in [6.07, 6.45) is 2.09. The van der Waals surface area contributed by atoms with Gasteiger partial charge in [-0.25, -0.2) is 0 Å². The maximum Gasteiger partial charge on any atom is 0.281 e. The van der Waals surface area contributed by atoms with Crippen LogP contribution in [0.5, 0.6) is 0 Å². The number of carbonyl (C=O) groups excluding carboxylic acids is 2. The first kappa shape index (κ1) is 18.2. The van der Waals surface area contributed by atoms with Crippen LogP contribution in [0, 0.1) is 6.92 Å². The van der Waals surface area contributed by atoms with E-state index < -0.39 is 5.91 Å². The molecule has 8 heteroatoms. The van der Waals surface area contributed by atoms with Crippen LogP contribution in [0.3, 0.4) is 0 Å². The lowest BCUT2D eigenvalue weighted by molar-refractivity contribution is -0.130. The van der Waals surface area contributed by atoms with Gasteiger partial charge in [0.1, 0.15) is 6.54 Å². The highest BCUT2D eigenvalue weighted by Gasteiger charge is 2.19. The third-order valence-corrected chi connectivity index (χ3v) is 5.63. The molecule has 0 unspecified atom stereocenters. The lowest BCUT2D eigenvalue weighted by Gasteiger charge is -2.16. The fourth-order valence-electron chi connectivity index (χ4n) is 2.71. The molecule has 25 heavy (non-hydrogen) atoms. The van der Waals surface area contributed by atoms with E-state index in [9.17, 15) is 9.59 Å². The Labute approximate surface area is 159 Å². The molecular weight excluding hydrogens is 381 g/mol. The average Bonchev–Trinajstić information content (AvgIpc) is 3.20. The maximum atomic E-state index is 12.5. The third kappa shape index (κ3) is 4.14. The Morgan fingerprint density at radius 3 is 2.64 bits per heavy atom. The molecule has 132 valence electrons. The molecule has 1 aromatic heterocycles. The van der Waals surface area contributed by atoms with Gasteiger partial charge < -0.3 is 9.47 Å². The van der Waals surface area contributed by atoms with Crippen molar-refractivity contribution >= 4 is 46.4 Å². The first-order chi connectivity index (χ1) is 12.0. The van der Waals surface area contributed by atoms with Gasteiger partial charge in [-0.05, 0) is 38.0 Å². The summed E-state index contributed by atoms with van der Waals surface area (Å²) < 4.78 is 1.77.